The van der Waals surface area contributed by atoms with Gasteiger partial charge < -0.3 is 16.0 Å². The minimum atomic E-state index is -4.87. The Kier molecular flexibility index (Phi) is 6.91. The summed E-state index contributed by atoms with van der Waals surface area (Å²) < 4.78 is 75.9. The molecular formula is C24H20F4N4O4S. The van der Waals surface area contributed by atoms with Gasteiger partial charge in [0.1, 0.15) is 5.82 Å². The molecule has 8 nitrogen and oxygen atoms in total. The van der Waals surface area contributed by atoms with Crippen LogP contribution in [0.15, 0.2) is 54.7 Å². The Hall–Kier alpha value is -4.00. The summed E-state index contributed by atoms with van der Waals surface area (Å²) in [4.78, 5) is 29.6. The third-order valence-electron chi connectivity index (χ3n) is 5.53. The van der Waals surface area contributed by atoms with Crippen LogP contribution in [0.25, 0.3) is 0 Å². The highest BCUT2D eigenvalue weighted by Crippen LogP contribution is 2.31. The van der Waals surface area contributed by atoms with Gasteiger partial charge in [-0.2, -0.15) is 13.2 Å². The lowest BCUT2D eigenvalue weighted by molar-refractivity contribution is -0.137. The van der Waals surface area contributed by atoms with Gasteiger partial charge in [-0.1, -0.05) is 18.2 Å². The summed E-state index contributed by atoms with van der Waals surface area (Å²) in [5.74, 6) is -3.32. The minimum Gasteiger partial charge on any atom is -0.347 e. The number of amides is 2. The van der Waals surface area contributed by atoms with Gasteiger partial charge in [0.05, 0.1) is 34.4 Å². The zero-order valence-corrected chi connectivity index (χ0v) is 20.0. The molecule has 37 heavy (non-hydrogen) atoms. The van der Waals surface area contributed by atoms with Crippen LogP contribution in [0.1, 0.15) is 31.8 Å². The Morgan fingerprint density at radius 1 is 0.973 bits per heavy atom. The minimum absolute atomic E-state index is 0.0369. The number of hydrogen-bond acceptors (Lipinski definition) is 6. The topological polar surface area (TPSA) is 117 Å². The van der Waals surface area contributed by atoms with Crippen LogP contribution in [0.3, 0.4) is 0 Å². The predicted octanol–water partition coefficient (Wildman–Crippen LogP) is 4.07. The van der Waals surface area contributed by atoms with Crippen LogP contribution in [0, 0.1) is 12.7 Å². The van der Waals surface area contributed by atoms with Crippen molar-refractivity contribution in [3.05, 3.63) is 82.8 Å². The third-order valence-corrected chi connectivity index (χ3v) is 7.35. The predicted molar refractivity (Wildman–Crippen MR) is 128 cm³/mol. The van der Waals surface area contributed by atoms with Crippen LogP contribution in [-0.4, -0.2) is 42.8 Å². The first-order valence-electron chi connectivity index (χ1n) is 10.8. The highest BCUT2D eigenvalue weighted by molar-refractivity contribution is 7.92. The maximum Gasteiger partial charge on any atom is 0.416 e. The van der Waals surface area contributed by atoms with E-state index in [1.54, 1.807) is 31.2 Å². The standard InChI is InChI=1S/C24H20F4N4O4S/c1-13-4-2-3-5-19(13)31-21-20(8-15(10-29-21)23(34)30-18-11-37(35,36)12-18)32-22(33)14-6-16(24(26,27)28)9-17(25)7-14/h2-10,18H,11-12H2,1H3,(H,29,31)(H,30,34)(H,32,33). The van der Waals surface area contributed by atoms with Crippen LogP contribution >= 0.6 is 0 Å². The van der Waals surface area contributed by atoms with E-state index < -0.39 is 50.8 Å². The van der Waals surface area contributed by atoms with Crippen molar-refractivity contribution >= 4 is 38.8 Å². The number of aryl methyl sites for hydroxylation is 1. The Balaban J connectivity index is 1.65. The molecule has 1 aliphatic heterocycles. The van der Waals surface area contributed by atoms with Crippen molar-refractivity contribution < 1.29 is 35.6 Å². The molecule has 1 aromatic heterocycles. The molecule has 194 valence electrons. The van der Waals surface area contributed by atoms with Gasteiger partial charge in [0.15, 0.2) is 15.7 Å². The molecule has 1 fully saturated rings. The van der Waals surface area contributed by atoms with Gasteiger partial charge >= 0.3 is 6.18 Å². The summed E-state index contributed by atoms with van der Waals surface area (Å²) in [5.41, 5.74) is -0.617. The van der Waals surface area contributed by atoms with Crippen molar-refractivity contribution in [2.75, 3.05) is 22.1 Å². The molecule has 4 rings (SSSR count). The normalized spacial score (nSPS) is 14.9. The summed E-state index contributed by atoms with van der Waals surface area (Å²) in [7, 11) is -3.18. The number of alkyl halides is 3. The first-order valence-corrected chi connectivity index (χ1v) is 12.7. The van der Waals surface area contributed by atoms with E-state index in [9.17, 15) is 35.6 Å². The number of benzene rings is 2. The lowest BCUT2D eigenvalue weighted by atomic mass is 10.1. The smallest absolute Gasteiger partial charge is 0.347 e. The van der Waals surface area contributed by atoms with Crippen molar-refractivity contribution in [3.8, 4) is 0 Å². The first kappa shape index (κ1) is 26.1. The van der Waals surface area contributed by atoms with Crippen molar-refractivity contribution in [2.24, 2.45) is 0 Å². The second-order valence-electron chi connectivity index (χ2n) is 8.49. The zero-order chi connectivity index (χ0) is 27.0. The number of nitrogens with zero attached hydrogens (tertiary/aromatic N) is 1. The molecule has 3 aromatic rings. The molecule has 2 amide bonds. The Morgan fingerprint density at radius 3 is 2.32 bits per heavy atom. The lowest BCUT2D eigenvalue weighted by Crippen LogP contribution is -2.52. The molecular weight excluding hydrogens is 516 g/mol. The Morgan fingerprint density at radius 2 is 1.68 bits per heavy atom. The number of anilines is 3. The molecule has 0 unspecified atom stereocenters. The number of rotatable bonds is 6. The van der Waals surface area contributed by atoms with Gasteiger partial charge in [0, 0.05) is 17.4 Å². The fourth-order valence-electron chi connectivity index (χ4n) is 3.62. The molecule has 2 aromatic carbocycles. The van der Waals surface area contributed by atoms with Crippen molar-refractivity contribution in [3.63, 3.8) is 0 Å². The number of nitrogens with one attached hydrogen (secondary N) is 3. The van der Waals surface area contributed by atoms with Crippen LogP contribution in [-0.2, 0) is 16.0 Å². The number of pyridine rings is 1. The maximum absolute atomic E-state index is 13.9. The molecule has 0 aliphatic carbocycles. The van der Waals surface area contributed by atoms with E-state index in [1.165, 1.54) is 12.3 Å². The summed E-state index contributed by atoms with van der Waals surface area (Å²) in [6.07, 6.45) is -3.67. The van der Waals surface area contributed by atoms with Gasteiger partial charge in [-0.3, -0.25) is 9.59 Å². The maximum atomic E-state index is 13.9. The number of aromatic nitrogens is 1. The average molecular weight is 537 g/mol. The Bertz CT molecular complexity index is 1480. The van der Waals surface area contributed by atoms with Gasteiger partial charge in [-0.15, -0.1) is 0 Å². The molecule has 0 spiro atoms. The summed E-state index contributed by atoms with van der Waals surface area (Å²) in [6, 6.07) is 9.16. The van der Waals surface area contributed by atoms with E-state index in [0.29, 0.717) is 17.8 Å². The molecule has 1 saturated heterocycles. The largest absolute Gasteiger partial charge is 0.416 e. The highest BCUT2D eigenvalue weighted by atomic mass is 32.2. The van der Waals surface area contributed by atoms with E-state index in [2.05, 4.69) is 20.9 Å². The number of hydrogen-bond donors (Lipinski definition) is 3. The quantitative estimate of drug-likeness (QED) is 0.409. The second kappa shape index (κ2) is 9.81. The average Bonchev–Trinajstić information content (AvgIpc) is 2.79. The van der Waals surface area contributed by atoms with Crippen LogP contribution in [0.5, 0.6) is 0 Å². The number of halogens is 4. The van der Waals surface area contributed by atoms with E-state index in [1.807, 2.05) is 0 Å². The third kappa shape index (κ3) is 6.23. The number of carbonyl (C=O) groups is 2. The molecule has 3 N–H and O–H groups in total. The molecule has 2 heterocycles. The molecule has 0 radical (unpaired) electrons. The second-order valence-corrected chi connectivity index (χ2v) is 10.6. The summed E-state index contributed by atoms with van der Waals surface area (Å²) in [6.45, 7) is 1.81. The lowest BCUT2D eigenvalue weighted by Gasteiger charge is -2.26. The van der Waals surface area contributed by atoms with E-state index in [-0.39, 0.29) is 34.6 Å². The number of para-hydroxylation sites is 1. The fourth-order valence-corrected chi connectivity index (χ4v) is 4.91. The SMILES string of the molecule is Cc1ccccc1Nc1ncc(C(=O)NC2CS(=O)(=O)C2)cc1NC(=O)c1cc(F)cc(C(F)(F)F)c1. The van der Waals surface area contributed by atoms with Gasteiger partial charge in [-0.05, 0) is 42.8 Å². The van der Waals surface area contributed by atoms with E-state index >= 15 is 0 Å². The van der Waals surface area contributed by atoms with Gasteiger partial charge in [0.25, 0.3) is 11.8 Å². The van der Waals surface area contributed by atoms with Crippen LogP contribution in [0.2, 0.25) is 0 Å². The van der Waals surface area contributed by atoms with E-state index in [4.69, 9.17) is 0 Å². The Labute approximate surface area is 209 Å². The van der Waals surface area contributed by atoms with Crippen molar-refractivity contribution in [1.82, 2.24) is 10.3 Å². The zero-order valence-electron chi connectivity index (χ0n) is 19.2. The van der Waals surface area contributed by atoms with Crippen LogP contribution in [0.4, 0.5) is 34.8 Å². The number of carbonyl (C=O) groups excluding carboxylic acids is 2. The van der Waals surface area contributed by atoms with Crippen molar-refractivity contribution in [1.29, 1.82) is 0 Å². The molecule has 0 saturated carbocycles. The molecule has 0 atom stereocenters. The number of sulfone groups is 1. The monoisotopic (exact) mass is 536 g/mol. The van der Waals surface area contributed by atoms with Crippen LogP contribution < -0.4 is 16.0 Å². The summed E-state index contributed by atoms with van der Waals surface area (Å²) in [5, 5.41) is 7.93. The molecule has 1 aliphatic rings. The first-order chi connectivity index (χ1) is 17.3. The van der Waals surface area contributed by atoms with Gasteiger partial charge in [-0.25, -0.2) is 17.8 Å². The highest BCUT2D eigenvalue weighted by Gasteiger charge is 2.35. The van der Waals surface area contributed by atoms with Crippen molar-refractivity contribution in [2.45, 2.75) is 19.1 Å². The molecule has 13 heteroatoms. The van der Waals surface area contributed by atoms with E-state index in [0.717, 1.165) is 5.56 Å². The fraction of sp³-hybridized carbons (Fsp3) is 0.208. The van der Waals surface area contributed by atoms with Gasteiger partial charge in [0.2, 0.25) is 0 Å². The summed E-state index contributed by atoms with van der Waals surface area (Å²) >= 11 is 0. The molecule has 0 bridgehead atoms.